The quantitative estimate of drug-likeness (QED) is 0.619. The summed E-state index contributed by atoms with van der Waals surface area (Å²) in [6.45, 7) is 3.15. The lowest BCUT2D eigenvalue weighted by Crippen LogP contribution is -2.27. The Morgan fingerprint density at radius 1 is 1.29 bits per heavy atom. The first-order chi connectivity index (χ1) is 11.1. The number of hydrogen-bond acceptors (Lipinski definition) is 5. The van der Waals surface area contributed by atoms with Crippen LogP contribution in [0.5, 0.6) is 5.75 Å². The summed E-state index contributed by atoms with van der Waals surface area (Å²) in [5.74, 6) is -0.547. The lowest BCUT2D eigenvalue weighted by molar-refractivity contribution is -0.385. The molecule has 2 aromatic carbocycles. The number of nitrogens with zero attached hydrogens (tertiary/aromatic N) is 1. The summed E-state index contributed by atoms with van der Waals surface area (Å²) in [4.78, 5) is 10.1. The number of phenolic OH excluding ortho intramolecular Hbond substituents is 1. The van der Waals surface area contributed by atoms with Gasteiger partial charge < -0.3 is 5.11 Å². The van der Waals surface area contributed by atoms with Gasteiger partial charge in [0.05, 0.1) is 9.95 Å². The predicted molar refractivity (Wildman–Crippen MR) is 89.7 cm³/mol. The lowest BCUT2D eigenvalue weighted by atomic mass is 10.1. The SMILES string of the molecule is Cc1ccc(C(C)NS(=O)(=O)c2cccc(Cl)c2O)cc1[N+](=O)[O-]. The zero-order valence-corrected chi connectivity index (χ0v) is 14.4. The summed E-state index contributed by atoms with van der Waals surface area (Å²) in [6.07, 6.45) is 0. The number of rotatable bonds is 5. The second kappa shape index (κ2) is 6.76. The van der Waals surface area contributed by atoms with Crippen LogP contribution in [0.4, 0.5) is 5.69 Å². The number of nitro groups is 1. The summed E-state index contributed by atoms with van der Waals surface area (Å²) in [7, 11) is -4.06. The van der Waals surface area contributed by atoms with E-state index in [2.05, 4.69) is 4.72 Å². The molecule has 2 aromatic rings. The third kappa shape index (κ3) is 3.66. The van der Waals surface area contributed by atoms with Crippen LogP contribution < -0.4 is 4.72 Å². The van der Waals surface area contributed by atoms with Crippen molar-refractivity contribution in [1.29, 1.82) is 0 Å². The maximum absolute atomic E-state index is 12.4. The van der Waals surface area contributed by atoms with E-state index in [0.717, 1.165) is 0 Å². The number of sulfonamides is 1. The fourth-order valence-corrected chi connectivity index (χ4v) is 3.75. The number of nitro benzene ring substituents is 1. The van der Waals surface area contributed by atoms with Crippen molar-refractivity contribution in [2.75, 3.05) is 0 Å². The molecular formula is C15H15ClN2O5S. The molecule has 128 valence electrons. The second-order valence-corrected chi connectivity index (χ2v) is 7.32. The molecule has 0 aliphatic heterocycles. The standard InChI is InChI=1S/C15H15ClN2O5S/c1-9-6-7-11(8-13(9)18(20)21)10(2)17-24(22,23)14-5-3-4-12(16)15(14)19/h3-8,10,17,19H,1-2H3. The summed E-state index contributed by atoms with van der Waals surface area (Å²) in [5, 5.41) is 20.7. The first kappa shape index (κ1) is 18.2. The Morgan fingerprint density at radius 2 is 1.96 bits per heavy atom. The Morgan fingerprint density at radius 3 is 2.58 bits per heavy atom. The van der Waals surface area contributed by atoms with Gasteiger partial charge in [-0.2, -0.15) is 0 Å². The minimum atomic E-state index is -4.06. The van der Waals surface area contributed by atoms with Crippen molar-refractivity contribution in [3.05, 3.63) is 62.7 Å². The van der Waals surface area contributed by atoms with Gasteiger partial charge in [0.1, 0.15) is 4.90 Å². The summed E-state index contributed by atoms with van der Waals surface area (Å²) >= 11 is 5.73. The minimum Gasteiger partial charge on any atom is -0.505 e. The molecule has 0 amide bonds. The number of aryl methyl sites for hydroxylation is 1. The van der Waals surface area contributed by atoms with Crippen LogP contribution in [0.3, 0.4) is 0 Å². The van der Waals surface area contributed by atoms with Crippen LogP contribution in [-0.4, -0.2) is 18.4 Å². The molecule has 2 rings (SSSR count). The van der Waals surface area contributed by atoms with E-state index in [0.29, 0.717) is 11.1 Å². The number of halogens is 1. The topological polar surface area (TPSA) is 110 Å². The van der Waals surface area contributed by atoms with Gasteiger partial charge >= 0.3 is 0 Å². The molecule has 9 heteroatoms. The zero-order chi connectivity index (χ0) is 18.1. The molecular weight excluding hydrogens is 356 g/mol. The van der Waals surface area contributed by atoms with Crippen LogP contribution in [0.1, 0.15) is 24.1 Å². The molecule has 0 aliphatic rings. The number of aromatic hydroxyl groups is 1. The Kier molecular flexibility index (Phi) is 5.12. The summed E-state index contributed by atoms with van der Waals surface area (Å²) in [5.41, 5.74) is 0.813. The molecule has 0 aromatic heterocycles. The van der Waals surface area contributed by atoms with E-state index in [1.807, 2.05) is 0 Å². The average molecular weight is 371 g/mol. The Labute approximate surface area is 144 Å². The highest BCUT2D eigenvalue weighted by Crippen LogP contribution is 2.31. The van der Waals surface area contributed by atoms with E-state index in [1.54, 1.807) is 26.0 Å². The van der Waals surface area contributed by atoms with Crippen molar-refractivity contribution >= 4 is 27.3 Å². The smallest absolute Gasteiger partial charge is 0.272 e. The summed E-state index contributed by atoms with van der Waals surface area (Å²) in [6, 6.07) is 7.71. The number of hydrogen-bond donors (Lipinski definition) is 2. The number of para-hydroxylation sites is 1. The van der Waals surface area contributed by atoms with Crippen LogP contribution in [0.15, 0.2) is 41.3 Å². The highest BCUT2D eigenvalue weighted by Gasteiger charge is 2.24. The van der Waals surface area contributed by atoms with Crippen molar-refractivity contribution in [2.24, 2.45) is 0 Å². The molecule has 0 spiro atoms. The van der Waals surface area contributed by atoms with Gasteiger partial charge in [-0.1, -0.05) is 29.8 Å². The van der Waals surface area contributed by atoms with E-state index in [4.69, 9.17) is 11.6 Å². The van der Waals surface area contributed by atoms with Gasteiger partial charge in [-0.15, -0.1) is 0 Å². The largest absolute Gasteiger partial charge is 0.505 e. The molecule has 0 saturated heterocycles. The number of phenols is 1. The van der Waals surface area contributed by atoms with E-state index in [-0.39, 0.29) is 15.6 Å². The third-order valence-corrected chi connectivity index (χ3v) is 5.38. The average Bonchev–Trinajstić information content (AvgIpc) is 2.49. The van der Waals surface area contributed by atoms with E-state index in [9.17, 15) is 23.6 Å². The van der Waals surface area contributed by atoms with Crippen LogP contribution in [-0.2, 0) is 10.0 Å². The van der Waals surface area contributed by atoms with Gasteiger partial charge in [-0.05, 0) is 31.5 Å². The molecule has 0 fully saturated rings. The van der Waals surface area contributed by atoms with Crippen LogP contribution in [0, 0.1) is 17.0 Å². The Balaban J connectivity index is 2.35. The fraction of sp³-hybridized carbons (Fsp3) is 0.200. The van der Waals surface area contributed by atoms with Gasteiger partial charge in [0.15, 0.2) is 5.75 Å². The van der Waals surface area contributed by atoms with Crippen molar-refractivity contribution < 1.29 is 18.4 Å². The number of nitrogens with one attached hydrogen (secondary N) is 1. The van der Waals surface area contributed by atoms with Gasteiger partial charge in [0.2, 0.25) is 10.0 Å². The second-order valence-electron chi connectivity index (χ2n) is 5.23. The molecule has 0 heterocycles. The first-order valence-electron chi connectivity index (χ1n) is 6.88. The van der Waals surface area contributed by atoms with Gasteiger partial charge in [0.25, 0.3) is 5.69 Å². The normalized spacial score (nSPS) is 12.8. The lowest BCUT2D eigenvalue weighted by Gasteiger charge is -2.16. The van der Waals surface area contributed by atoms with E-state index < -0.39 is 26.7 Å². The zero-order valence-electron chi connectivity index (χ0n) is 12.9. The summed E-state index contributed by atoms with van der Waals surface area (Å²) < 4.78 is 27.2. The van der Waals surface area contributed by atoms with Gasteiger partial charge in [0, 0.05) is 17.7 Å². The Bertz CT molecular complexity index is 899. The fourth-order valence-electron chi connectivity index (χ4n) is 2.17. The molecule has 1 atom stereocenters. The van der Waals surface area contributed by atoms with Crippen LogP contribution >= 0.6 is 11.6 Å². The molecule has 24 heavy (non-hydrogen) atoms. The van der Waals surface area contributed by atoms with Crippen molar-refractivity contribution in [3.63, 3.8) is 0 Å². The van der Waals surface area contributed by atoms with Crippen LogP contribution in [0.2, 0.25) is 5.02 Å². The van der Waals surface area contributed by atoms with Crippen molar-refractivity contribution in [2.45, 2.75) is 24.8 Å². The van der Waals surface area contributed by atoms with Crippen molar-refractivity contribution in [3.8, 4) is 5.75 Å². The highest BCUT2D eigenvalue weighted by atomic mass is 35.5. The molecule has 7 nitrogen and oxygen atoms in total. The van der Waals surface area contributed by atoms with E-state index in [1.165, 1.54) is 24.3 Å². The van der Waals surface area contributed by atoms with Crippen LogP contribution in [0.25, 0.3) is 0 Å². The first-order valence-corrected chi connectivity index (χ1v) is 8.74. The maximum atomic E-state index is 12.4. The van der Waals surface area contributed by atoms with E-state index >= 15 is 0 Å². The Hall–Kier alpha value is -2.16. The molecule has 0 saturated carbocycles. The minimum absolute atomic E-state index is 0.0866. The predicted octanol–water partition coefficient (Wildman–Crippen LogP) is 3.30. The van der Waals surface area contributed by atoms with Crippen molar-refractivity contribution in [1.82, 2.24) is 4.72 Å². The molecule has 0 radical (unpaired) electrons. The molecule has 0 aliphatic carbocycles. The third-order valence-electron chi connectivity index (χ3n) is 3.50. The molecule has 2 N–H and O–H groups in total. The highest BCUT2D eigenvalue weighted by molar-refractivity contribution is 7.89. The molecule has 0 bridgehead atoms. The maximum Gasteiger partial charge on any atom is 0.272 e. The van der Waals surface area contributed by atoms with Gasteiger partial charge in [-0.3, -0.25) is 10.1 Å². The molecule has 1 unspecified atom stereocenters. The monoisotopic (exact) mass is 370 g/mol. The van der Waals surface area contributed by atoms with Gasteiger partial charge in [-0.25, -0.2) is 13.1 Å². The number of benzene rings is 2.